The molecule has 0 saturated heterocycles. The molecule has 0 unspecified atom stereocenters. The molecule has 0 saturated carbocycles. The molecule has 0 atom stereocenters. The predicted octanol–water partition coefficient (Wildman–Crippen LogP) is 5.71. The SMILES string of the molecule is CCN(CCc1c[nH]c2c(C)cccc12)Cc1ccc(CN(CCNCc2ccccn2)CCNCc2ccccn2)cc1. The van der Waals surface area contributed by atoms with E-state index >= 15 is 0 Å². The Hall–Kier alpha value is -3.88. The first kappa shape index (κ1) is 31.5. The largest absolute Gasteiger partial charge is 0.361 e. The lowest BCUT2D eigenvalue weighted by molar-refractivity contribution is 0.263. The van der Waals surface area contributed by atoms with E-state index in [1.54, 1.807) is 0 Å². The number of rotatable bonds is 18. The molecule has 3 aromatic heterocycles. The third-order valence-electron chi connectivity index (χ3n) is 8.26. The average Bonchev–Trinajstić information content (AvgIpc) is 3.49. The van der Waals surface area contributed by atoms with Crippen molar-refractivity contribution < 1.29 is 0 Å². The van der Waals surface area contributed by atoms with E-state index in [1.807, 2.05) is 36.7 Å². The van der Waals surface area contributed by atoms with Crippen molar-refractivity contribution in [2.24, 2.45) is 0 Å². The van der Waals surface area contributed by atoms with Crippen LogP contribution in [-0.2, 0) is 32.6 Å². The summed E-state index contributed by atoms with van der Waals surface area (Å²) in [5.41, 5.74) is 8.84. The number of para-hydroxylation sites is 1. The number of hydrogen-bond donors (Lipinski definition) is 3. The maximum Gasteiger partial charge on any atom is 0.0541 e. The van der Waals surface area contributed by atoms with Gasteiger partial charge in [0.15, 0.2) is 0 Å². The van der Waals surface area contributed by atoms with Crippen molar-refractivity contribution in [3.8, 4) is 0 Å². The Kier molecular flexibility index (Phi) is 12.1. The topological polar surface area (TPSA) is 72.1 Å². The van der Waals surface area contributed by atoms with Crippen LogP contribution in [0, 0.1) is 6.92 Å². The fourth-order valence-electron chi connectivity index (χ4n) is 5.65. The first-order valence-corrected chi connectivity index (χ1v) is 16.0. The predicted molar refractivity (Wildman–Crippen MR) is 181 cm³/mol. The highest BCUT2D eigenvalue weighted by atomic mass is 15.2. The second-order valence-electron chi connectivity index (χ2n) is 11.5. The van der Waals surface area contributed by atoms with Gasteiger partial charge in [0.05, 0.1) is 11.4 Å². The number of hydrogen-bond acceptors (Lipinski definition) is 6. The van der Waals surface area contributed by atoms with Gasteiger partial charge in [-0.3, -0.25) is 19.8 Å². The van der Waals surface area contributed by atoms with Gasteiger partial charge in [0.1, 0.15) is 0 Å². The Morgan fingerprint density at radius 1 is 0.682 bits per heavy atom. The van der Waals surface area contributed by atoms with E-state index in [0.29, 0.717) is 0 Å². The Labute approximate surface area is 262 Å². The summed E-state index contributed by atoms with van der Waals surface area (Å²) in [6.45, 7) is 13.7. The third-order valence-corrected chi connectivity index (χ3v) is 8.26. The van der Waals surface area contributed by atoms with Crippen LogP contribution >= 0.6 is 0 Å². The molecule has 5 rings (SSSR count). The lowest BCUT2D eigenvalue weighted by atomic mass is 10.1. The second-order valence-corrected chi connectivity index (χ2v) is 11.5. The van der Waals surface area contributed by atoms with Gasteiger partial charge < -0.3 is 15.6 Å². The zero-order valence-electron chi connectivity index (χ0n) is 26.3. The number of aromatic nitrogens is 3. The highest BCUT2D eigenvalue weighted by Crippen LogP contribution is 2.22. The molecule has 0 aliphatic carbocycles. The van der Waals surface area contributed by atoms with Crippen molar-refractivity contribution in [1.29, 1.82) is 0 Å². The molecule has 3 N–H and O–H groups in total. The molecule has 230 valence electrons. The van der Waals surface area contributed by atoms with E-state index in [4.69, 9.17) is 0 Å². The van der Waals surface area contributed by atoms with Gasteiger partial charge >= 0.3 is 0 Å². The van der Waals surface area contributed by atoms with Crippen LogP contribution in [0.5, 0.6) is 0 Å². The molecule has 0 amide bonds. The molecule has 0 spiro atoms. The van der Waals surface area contributed by atoms with Gasteiger partial charge in [-0.05, 0) is 66.4 Å². The number of pyridine rings is 2. The molecule has 5 aromatic rings. The zero-order valence-corrected chi connectivity index (χ0v) is 26.3. The molecule has 2 aromatic carbocycles. The molecule has 0 aliphatic heterocycles. The number of nitrogens with one attached hydrogen (secondary N) is 3. The summed E-state index contributed by atoms with van der Waals surface area (Å²) in [4.78, 5) is 17.4. The fraction of sp³-hybridized carbons (Fsp3) is 0.351. The monoisotopic (exact) mass is 589 g/mol. The van der Waals surface area contributed by atoms with E-state index in [-0.39, 0.29) is 0 Å². The number of aryl methyl sites for hydroxylation is 1. The van der Waals surface area contributed by atoms with Gasteiger partial charge in [-0.1, -0.05) is 61.5 Å². The molecular weight excluding hydrogens is 542 g/mol. The van der Waals surface area contributed by atoms with Crippen LogP contribution in [0.15, 0.2) is 97.5 Å². The number of likely N-dealkylation sites (N-methyl/N-ethyl adjacent to an activating group) is 1. The number of fused-ring (bicyclic) bond motifs is 1. The van der Waals surface area contributed by atoms with E-state index < -0.39 is 0 Å². The highest BCUT2D eigenvalue weighted by Gasteiger charge is 2.10. The fourth-order valence-corrected chi connectivity index (χ4v) is 5.65. The van der Waals surface area contributed by atoms with Gasteiger partial charge in [-0.2, -0.15) is 0 Å². The van der Waals surface area contributed by atoms with Crippen LogP contribution in [-0.4, -0.2) is 64.0 Å². The maximum atomic E-state index is 4.43. The molecule has 0 fully saturated rings. The maximum absolute atomic E-state index is 4.43. The smallest absolute Gasteiger partial charge is 0.0541 e. The van der Waals surface area contributed by atoms with Crippen molar-refractivity contribution in [1.82, 2.24) is 35.4 Å². The Morgan fingerprint density at radius 2 is 1.30 bits per heavy atom. The molecule has 7 nitrogen and oxygen atoms in total. The van der Waals surface area contributed by atoms with Crippen LogP contribution in [0.3, 0.4) is 0 Å². The molecule has 44 heavy (non-hydrogen) atoms. The van der Waals surface area contributed by atoms with E-state index in [1.165, 1.54) is 33.2 Å². The molecule has 0 bridgehead atoms. The molecule has 0 aliphatic rings. The Bertz CT molecular complexity index is 1470. The van der Waals surface area contributed by atoms with Crippen LogP contribution in [0.25, 0.3) is 10.9 Å². The van der Waals surface area contributed by atoms with Gasteiger partial charge in [0.2, 0.25) is 0 Å². The summed E-state index contributed by atoms with van der Waals surface area (Å²) in [6.07, 6.45) is 6.94. The zero-order chi connectivity index (χ0) is 30.4. The van der Waals surface area contributed by atoms with Crippen molar-refractivity contribution in [3.63, 3.8) is 0 Å². The van der Waals surface area contributed by atoms with Crippen molar-refractivity contribution in [2.75, 3.05) is 39.3 Å². The standard InChI is InChI=1S/C37H47N7/c1-3-43(22-17-33-25-42-37-30(2)9-8-12-36(33)37)28-31-13-15-32(16-14-31)29-44(23-20-38-26-34-10-4-6-18-40-34)24-21-39-27-35-11-5-7-19-41-35/h4-16,18-19,25,38-39,42H,3,17,20-24,26-29H2,1-2H3. The second kappa shape index (κ2) is 16.8. The van der Waals surface area contributed by atoms with E-state index in [2.05, 4.69) is 110 Å². The summed E-state index contributed by atoms with van der Waals surface area (Å²) in [6, 6.07) is 27.9. The van der Waals surface area contributed by atoms with E-state index in [0.717, 1.165) is 83.3 Å². The van der Waals surface area contributed by atoms with Crippen LogP contribution < -0.4 is 10.6 Å². The summed E-state index contributed by atoms with van der Waals surface area (Å²) >= 11 is 0. The highest BCUT2D eigenvalue weighted by molar-refractivity contribution is 5.85. The quantitative estimate of drug-likeness (QED) is 0.114. The summed E-state index contributed by atoms with van der Waals surface area (Å²) in [5.74, 6) is 0. The lowest BCUT2D eigenvalue weighted by Crippen LogP contribution is -2.36. The minimum Gasteiger partial charge on any atom is -0.361 e. The average molecular weight is 590 g/mol. The van der Waals surface area contributed by atoms with Crippen LogP contribution in [0.4, 0.5) is 0 Å². The van der Waals surface area contributed by atoms with Crippen molar-refractivity contribution >= 4 is 10.9 Å². The number of aromatic amines is 1. The summed E-state index contributed by atoms with van der Waals surface area (Å²) in [5, 5.41) is 8.48. The van der Waals surface area contributed by atoms with E-state index in [9.17, 15) is 0 Å². The third kappa shape index (κ3) is 9.56. The van der Waals surface area contributed by atoms with Gasteiger partial charge in [0, 0.05) is 88.4 Å². The first-order valence-electron chi connectivity index (χ1n) is 16.0. The van der Waals surface area contributed by atoms with Gasteiger partial charge in [0.25, 0.3) is 0 Å². The van der Waals surface area contributed by atoms with Gasteiger partial charge in [-0.15, -0.1) is 0 Å². The summed E-state index contributed by atoms with van der Waals surface area (Å²) < 4.78 is 0. The normalized spacial score (nSPS) is 11.6. The summed E-state index contributed by atoms with van der Waals surface area (Å²) in [7, 11) is 0. The molecule has 3 heterocycles. The van der Waals surface area contributed by atoms with Crippen molar-refractivity contribution in [2.45, 2.75) is 46.4 Å². The number of H-pyrrole nitrogens is 1. The molecule has 7 heteroatoms. The minimum absolute atomic E-state index is 0.787. The van der Waals surface area contributed by atoms with Crippen LogP contribution in [0.1, 0.15) is 40.6 Å². The molecular formula is C37H47N7. The van der Waals surface area contributed by atoms with Crippen molar-refractivity contribution in [3.05, 3.63) is 131 Å². The Morgan fingerprint density at radius 3 is 1.86 bits per heavy atom. The number of nitrogens with zero attached hydrogens (tertiary/aromatic N) is 4. The van der Waals surface area contributed by atoms with Crippen LogP contribution in [0.2, 0.25) is 0 Å². The Balaban J connectivity index is 1.12. The number of benzene rings is 2. The molecule has 0 radical (unpaired) electrons. The first-order chi connectivity index (χ1) is 21.7. The minimum atomic E-state index is 0.787. The lowest BCUT2D eigenvalue weighted by Gasteiger charge is -2.24. The van der Waals surface area contributed by atoms with Gasteiger partial charge in [-0.25, -0.2) is 0 Å².